The Morgan fingerprint density at radius 1 is 1.32 bits per heavy atom. The molecule has 0 bridgehead atoms. The summed E-state index contributed by atoms with van der Waals surface area (Å²) in [6.45, 7) is 0. The molecule has 2 rings (SSSR count). The van der Waals surface area contributed by atoms with Crippen LogP contribution in [0.1, 0.15) is 10.5 Å². The zero-order valence-electron chi connectivity index (χ0n) is 9.54. The van der Waals surface area contributed by atoms with Crippen molar-refractivity contribution >= 4 is 28.9 Å². The minimum atomic E-state index is -0.611. The molecule has 0 saturated heterocycles. The fourth-order valence-electron chi connectivity index (χ4n) is 1.44. The Bertz CT molecular complexity index is 631. The molecule has 7 heteroatoms. The molecule has 1 amide bonds. The van der Waals surface area contributed by atoms with Crippen LogP contribution in [-0.2, 0) is 0 Å². The molecule has 1 N–H and O–H groups in total. The molecule has 0 radical (unpaired) electrons. The molecule has 6 nitrogen and oxygen atoms in total. The van der Waals surface area contributed by atoms with Crippen LogP contribution in [0.4, 0.5) is 11.4 Å². The number of halogens is 1. The monoisotopic (exact) mass is 277 g/mol. The van der Waals surface area contributed by atoms with Crippen molar-refractivity contribution in [2.24, 2.45) is 0 Å². The van der Waals surface area contributed by atoms with Gasteiger partial charge < -0.3 is 5.32 Å². The molecular formula is C12H8ClN3O3. The summed E-state index contributed by atoms with van der Waals surface area (Å²) in [7, 11) is 0. The van der Waals surface area contributed by atoms with E-state index in [0.717, 1.165) is 0 Å². The molecule has 2 aromatic rings. The summed E-state index contributed by atoms with van der Waals surface area (Å²) in [6, 6.07) is 8.84. The van der Waals surface area contributed by atoms with Crippen LogP contribution in [-0.4, -0.2) is 15.8 Å². The lowest BCUT2D eigenvalue weighted by molar-refractivity contribution is -0.383. The highest BCUT2D eigenvalue weighted by atomic mass is 35.5. The quantitative estimate of drug-likeness (QED) is 0.690. The van der Waals surface area contributed by atoms with Crippen LogP contribution in [0.25, 0.3) is 0 Å². The minimum Gasteiger partial charge on any atom is -0.315 e. The number of benzene rings is 1. The molecule has 1 aromatic heterocycles. The van der Waals surface area contributed by atoms with Gasteiger partial charge in [-0.2, -0.15) is 0 Å². The molecule has 0 aliphatic heterocycles. The smallest absolute Gasteiger partial charge is 0.294 e. The van der Waals surface area contributed by atoms with E-state index in [1.807, 2.05) is 0 Å². The van der Waals surface area contributed by atoms with E-state index in [0.29, 0.717) is 0 Å². The van der Waals surface area contributed by atoms with E-state index in [-0.39, 0.29) is 22.1 Å². The van der Waals surface area contributed by atoms with E-state index >= 15 is 0 Å². The number of nitrogens with zero attached hydrogens (tertiary/aromatic N) is 2. The number of rotatable bonds is 3. The van der Waals surface area contributed by atoms with Gasteiger partial charge in [-0.25, -0.2) is 0 Å². The molecule has 0 aliphatic rings. The minimum absolute atomic E-state index is 0.0741. The van der Waals surface area contributed by atoms with Crippen LogP contribution < -0.4 is 5.32 Å². The second-order valence-corrected chi connectivity index (χ2v) is 4.02. The van der Waals surface area contributed by atoms with Crippen molar-refractivity contribution in [3.05, 3.63) is 63.4 Å². The maximum Gasteiger partial charge on any atom is 0.294 e. The third kappa shape index (κ3) is 3.05. The fourth-order valence-corrected chi connectivity index (χ4v) is 1.61. The Labute approximate surface area is 113 Å². The molecular weight excluding hydrogens is 270 g/mol. The van der Waals surface area contributed by atoms with Crippen molar-refractivity contribution in [2.75, 3.05) is 5.32 Å². The van der Waals surface area contributed by atoms with Gasteiger partial charge in [0.25, 0.3) is 11.6 Å². The maximum atomic E-state index is 11.8. The highest BCUT2D eigenvalue weighted by Crippen LogP contribution is 2.27. The van der Waals surface area contributed by atoms with Gasteiger partial charge in [0, 0.05) is 17.3 Å². The molecule has 0 spiro atoms. The average molecular weight is 278 g/mol. The Morgan fingerprint density at radius 2 is 2.11 bits per heavy atom. The van der Waals surface area contributed by atoms with Gasteiger partial charge in [0.2, 0.25) is 0 Å². The van der Waals surface area contributed by atoms with Crippen molar-refractivity contribution in [1.82, 2.24) is 4.98 Å². The van der Waals surface area contributed by atoms with Gasteiger partial charge in [0.15, 0.2) is 0 Å². The normalized spacial score (nSPS) is 9.95. The third-order valence-electron chi connectivity index (χ3n) is 2.30. The number of hydrogen-bond acceptors (Lipinski definition) is 4. The number of aromatic nitrogens is 1. The van der Waals surface area contributed by atoms with Crippen LogP contribution in [0.5, 0.6) is 0 Å². The van der Waals surface area contributed by atoms with Crippen LogP contribution in [0, 0.1) is 10.1 Å². The number of carbonyl (C=O) groups excluding carboxylic acids is 1. The summed E-state index contributed by atoms with van der Waals surface area (Å²) < 4.78 is 0. The standard InChI is InChI=1S/C12H8ClN3O3/c13-8-4-5-9(11(7-8)16(18)19)15-12(17)10-3-1-2-6-14-10/h1-7H,(H,15,17). The lowest BCUT2D eigenvalue weighted by Crippen LogP contribution is -2.14. The van der Waals surface area contributed by atoms with Gasteiger partial charge in [0.1, 0.15) is 11.4 Å². The summed E-state index contributed by atoms with van der Waals surface area (Å²) in [5, 5.41) is 13.5. The van der Waals surface area contributed by atoms with Crippen molar-refractivity contribution in [3.63, 3.8) is 0 Å². The second-order valence-electron chi connectivity index (χ2n) is 3.59. The van der Waals surface area contributed by atoms with Crippen LogP contribution >= 0.6 is 11.6 Å². The summed E-state index contributed by atoms with van der Waals surface area (Å²) in [4.78, 5) is 26.0. The van der Waals surface area contributed by atoms with E-state index in [1.54, 1.807) is 12.1 Å². The maximum absolute atomic E-state index is 11.8. The average Bonchev–Trinajstić information content (AvgIpc) is 2.41. The Balaban J connectivity index is 2.29. The molecule has 0 aliphatic carbocycles. The number of nitro benzene ring substituents is 1. The van der Waals surface area contributed by atoms with E-state index in [4.69, 9.17) is 11.6 Å². The van der Waals surface area contributed by atoms with Gasteiger partial charge in [-0.15, -0.1) is 0 Å². The lowest BCUT2D eigenvalue weighted by atomic mass is 10.2. The lowest BCUT2D eigenvalue weighted by Gasteiger charge is -2.05. The number of carbonyl (C=O) groups is 1. The van der Waals surface area contributed by atoms with Gasteiger partial charge in [-0.1, -0.05) is 17.7 Å². The largest absolute Gasteiger partial charge is 0.315 e. The summed E-state index contributed by atoms with van der Waals surface area (Å²) in [5.41, 5.74) is -0.0198. The van der Waals surface area contributed by atoms with Crippen molar-refractivity contribution in [3.8, 4) is 0 Å². The van der Waals surface area contributed by atoms with Crippen LogP contribution in [0.3, 0.4) is 0 Å². The van der Waals surface area contributed by atoms with E-state index < -0.39 is 10.8 Å². The van der Waals surface area contributed by atoms with E-state index in [2.05, 4.69) is 10.3 Å². The highest BCUT2D eigenvalue weighted by molar-refractivity contribution is 6.31. The topological polar surface area (TPSA) is 85.1 Å². The molecule has 0 fully saturated rings. The van der Waals surface area contributed by atoms with Gasteiger partial charge >= 0.3 is 0 Å². The van der Waals surface area contributed by atoms with Gasteiger partial charge in [-0.05, 0) is 24.3 Å². The Morgan fingerprint density at radius 3 is 2.74 bits per heavy atom. The SMILES string of the molecule is O=C(Nc1ccc(Cl)cc1[N+](=O)[O-])c1ccccn1. The second kappa shape index (κ2) is 5.45. The number of amides is 1. The fraction of sp³-hybridized carbons (Fsp3) is 0. The number of pyridine rings is 1. The molecule has 0 unspecified atom stereocenters. The van der Waals surface area contributed by atoms with Crippen LogP contribution in [0.15, 0.2) is 42.6 Å². The molecule has 96 valence electrons. The predicted octanol–water partition coefficient (Wildman–Crippen LogP) is 2.90. The highest BCUT2D eigenvalue weighted by Gasteiger charge is 2.17. The Kier molecular flexibility index (Phi) is 3.72. The van der Waals surface area contributed by atoms with Crippen molar-refractivity contribution in [1.29, 1.82) is 0 Å². The number of nitro groups is 1. The van der Waals surface area contributed by atoms with E-state index in [1.165, 1.54) is 30.5 Å². The first kappa shape index (κ1) is 13.0. The van der Waals surface area contributed by atoms with Crippen molar-refractivity contribution in [2.45, 2.75) is 0 Å². The molecule has 1 aromatic carbocycles. The van der Waals surface area contributed by atoms with E-state index in [9.17, 15) is 14.9 Å². The van der Waals surface area contributed by atoms with Gasteiger partial charge in [-0.3, -0.25) is 19.9 Å². The zero-order valence-corrected chi connectivity index (χ0v) is 10.3. The third-order valence-corrected chi connectivity index (χ3v) is 2.54. The summed E-state index contributed by atoms with van der Waals surface area (Å²) >= 11 is 5.68. The predicted molar refractivity (Wildman–Crippen MR) is 70.3 cm³/mol. The Hall–Kier alpha value is -2.47. The summed E-state index contributed by atoms with van der Waals surface area (Å²) in [6.07, 6.45) is 1.46. The van der Waals surface area contributed by atoms with Crippen LogP contribution in [0.2, 0.25) is 5.02 Å². The first-order chi connectivity index (χ1) is 9.08. The molecule has 0 atom stereocenters. The molecule has 1 heterocycles. The zero-order chi connectivity index (χ0) is 13.8. The van der Waals surface area contributed by atoms with Gasteiger partial charge in [0.05, 0.1) is 4.92 Å². The number of anilines is 1. The van der Waals surface area contributed by atoms with Crippen molar-refractivity contribution < 1.29 is 9.72 Å². The molecule has 0 saturated carbocycles. The number of nitrogens with one attached hydrogen (secondary N) is 1. The first-order valence-electron chi connectivity index (χ1n) is 5.24. The summed E-state index contributed by atoms with van der Waals surface area (Å²) in [5.74, 6) is -0.522. The first-order valence-corrected chi connectivity index (χ1v) is 5.62. The molecule has 19 heavy (non-hydrogen) atoms. The number of hydrogen-bond donors (Lipinski definition) is 1.